The Morgan fingerprint density at radius 1 is 1.12 bits per heavy atom. The van der Waals surface area contributed by atoms with E-state index >= 15 is 0 Å². The number of hydrogen-bond donors (Lipinski definition) is 0. The van der Waals surface area contributed by atoms with Crippen molar-refractivity contribution in [2.24, 2.45) is 0 Å². The van der Waals surface area contributed by atoms with E-state index in [0.717, 1.165) is 18.6 Å². The van der Waals surface area contributed by atoms with Crippen molar-refractivity contribution in [3.05, 3.63) is 48.8 Å². The third-order valence-electron chi connectivity index (χ3n) is 4.78. The topological polar surface area (TPSA) is 60.9 Å². The molecule has 2 aliphatic rings. The smallest absolute Gasteiger partial charge is 0.267 e. The van der Waals surface area contributed by atoms with Gasteiger partial charge in [-0.1, -0.05) is 12.1 Å². The van der Waals surface area contributed by atoms with Crippen molar-refractivity contribution in [1.29, 1.82) is 0 Å². The van der Waals surface area contributed by atoms with Crippen LogP contribution >= 0.6 is 0 Å². The van der Waals surface area contributed by atoms with Crippen LogP contribution in [0.4, 0.5) is 0 Å². The Labute approximate surface area is 152 Å². The van der Waals surface area contributed by atoms with Crippen LogP contribution in [0.25, 0.3) is 0 Å². The largest absolute Gasteiger partial charge is 0.489 e. The van der Waals surface area contributed by atoms with Gasteiger partial charge in [0.05, 0.1) is 6.20 Å². The summed E-state index contributed by atoms with van der Waals surface area (Å²) in [4.78, 5) is 18.8. The number of pyridine rings is 1. The molecule has 6 nitrogen and oxygen atoms in total. The van der Waals surface area contributed by atoms with Gasteiger partial charge in [0.2, 0.25) is 6.10 Å². The van der Waals surface area contributed by atoms with Gasteiger partial charge in [0.15, 0.2) is 11.5 Å². The standard InChI is InChI=1S/C20H22N2O4/c1-14-19(26-18-7-3-2-6-17(18)24-14)20(23)22-11-8-15(9-12-22)25-16-5-4-10-21-13-16/h2-7,10,13-15,19H,8-9,11-12H2,1H3/t14-,19-/m1/s1. The summed E-state index contributed by atoms with van der Waals surface area (Å²) in [7, 11) is 0. The molecule has 0 saturated carbocycles. The van der Waals surface area contributed by atoms with Gasteiger partial charge in [-0.05, 0) is 31.2 Å². The molecular formula is C20H22N2O4. The maximum Gasteiger partial charge on any atom is 0.267 e. The van der Waals surface area contributed by atoms with E-state index in [0.29, 0.717) is 24.6 Å². The lowest BCUT2D eigenvalue weighted by Gasteiger charge is -2.37. The molecule has 3 heterocycles. The highest BCUT2D eigenvalue weighted by atomic mass is 16.6. The summed E-state index contributed by atoms with van der Waals surface area (Å²) in [5, 5.41) is 0. The van der Waals surface area contributed by atoms with Crippen LogP contribution in [0.3, 0.4) is 0 Å². The predicted molar refractivity (Wildman–Crippen MR) is 95.4 cm³/mol. The normalized spacial score (nSPS) is 22.7. The van der Waals surface area contributed by atoms with Gasteiger partial charge in [-0.3, -0.25) is 9.78 Å². The molecule has 1 aromatic heterocycles. The van der Waals surface area contributed by atoms with E-state index in [1.807, 2.05) is 48.2 Å². The highest BCUT2D eigenvalue weighted by Crippen LogP contribution is 2.34. The molecule has 0 aliphatic carbocycles. The fourth-order valence-electron chi connectivity index (χ4n) is 3.37. The van der Waals surface area contributed by atoms with Gasteiger partial charge in [0.25, 0.3) is 5.91 Å². The average molecular weight is 354 g/mol. The Kier molecular flexibility index (Phi) is 4.65. The van der Waals surface area contributed by atoms with E-state index < -0.39 is 6.10 Å². The van der Waals surface area contributed by atoms with Crippen molar-refractivity contribution in [3.8, 4) is 17.2 Å². The number of likely N-dealkylation sites (tertiary alicyclic amines) is 1. The van der Waals surface area contributed by atoms with Crippen LogP contribution in [-0.4, -0.2) is 47.2 Å². The van der Waals surface area contributed by atoms with Gasteiger partial charge in [0, 0.05) is 32.1 Å². The predicted octanol–water partition coefficient (Wildman–Crippen LogP) is 2.68. The van der Waals surface area contributed by atoms with Gasteiger partial charge in [-0.25, -0.2) is 0 Å². The third-order valence-corrected chi connectivity index (χ3v) is 4.78. The van der Waals surface area contributed by atoms with Gasteiger partial charge in [0.1, 0.15) is 18.0 Å². The van der Waals surface area contributed by atoms with Crippen LogP contribution in [0.2, 0.25) is 0 Å². The number of benzene rings is 1. The average Bonchev–Trinajstić information content (AvgIpc) is 2.68. The lowest BCUT2D eigenvalue weighted by atomic mass is 10.1. The van der Waals surface area contributed by atoms with Gasteiger partial charge in [-0.15, -0.1) is 0 Å². The molecule has 2 atom stereocenters. The van der Waals surface area contributed by atoms with E-state index in [1.54, 1.807) is 12.4 Å². The van der Waals surface area contributed by atoms with Crippen molar-refractivity contribution >= 4 is 5.91 Å². The number of ether oxygens (including phenoxy) is 3. The first-order valence-corrected chi connectivity index (χ1v) is 8.98. The molecule has 6 heteroatoms. The summed E-state index contributed by atoms with van der Waals surface area (Å²) in [6.45, 7) is 3.17. The summed E-state index contributed by atoms with van der Waals surface area (Å²) in [6, 6.07) is 11.2. The van der Waals surface area contributed by atoms with E-state index in [-0.39, 0.29) is 18.1 Å². The van der Waals surface area contributed by atoms with E-state index in [4.69, 9.17) is 14.2 Å². The zero-order valence-electron chi connectivity index (χ0n) is 14.7. The number of rotatable bonds is 3. The van der Waals surface area contributed by atoms with Gasteiger partial charge < -0.3 is 19.1 Å². The highest BCUT2D eigenvalue weighted by Gasteiger charge is 2.38. The summed E-state index contributed by atoms with van der Waals surface area (Å²) in [5.41, 5.74) is 0. The Bertz CT molecular complexity index is 759. The number of carbonyl (C=O) groups is 1. The minimum atomic E-state index is -0.610. The highest BCUT2D eigenvalue weighted by molar-refractivity contribution is 5.82. The van der Waals surface area contributed by atoms with Crippen molar-refractivity contribution in [1.82, 2.24) is 9.88 Å². The Balaban J connectivity index is 1.35. The van der Waals surface area contributed by atoms with Crippen molar-refractivity contribution < 1.29 is 19.0 Å². The maximum absolute atomic E-state index is 12.9. The summed E-state index contributed by atoms with van der Waals surface area (Å²) < 4.78 is 17.7. The Morgan fingerprint density at radius 3 is 2.54 bits per heavy atom. The molecule has 0 spiro atoms. The van der Waals surface area contributed by atoms with E-state index in [2.05, 4.69) is 4.98 Å². The molecule has 2 aliphatic heterocycles. The summed E-state index contributed by atoms with van der Waals surface area (Å²) in [5.74, 6) is 2.06. The van der Waals surface area contributed by atoms with E-state index in [1.165, 1.54) is 0 Å². The molecule has 0 radical (unpaired) electrons. The Morgan fingerprint density at radius 2 is 1.85 bits per heavy atom. The SMILES string of the molecule is C[C@H]1Oc2ccccc2O[C@H]1C(=O)N1CCC(Oc2cccnc2)CC1. The second kappa shape index (κ2) is 7.23. The quantitative estimate of drug-likeness (QED) is 0.848. The van der Waals surface area contributed by atoms with Crippen LogP contribution in [0, 0.1) is 0 Å². The van der Waals surface area contributed by atoms with E-state index in [9.17, 15) is 4.79 Å². The van der Waals surface area contributed by atoms with Crippen molar-refractivity contribution in [2.45, 2.75) is 38.1 Å². The molecule has 0 bridgehead atoms. The van der Waals surface area contributed by atoms with Crippen LogP contribution in [0.15, 0.2) is 48.8 Å². The zero-order chi connectivity index (χ0) is 17.9. The molecule has 2 aromatic rings. The first kappa shape index (κ1) is 16.7. The molecule has 0 unspecified atom stereocenters. The number of fused-ring (bicyclic) bond motifs is 1. The molecule has 136 valence electrons. The maximum atomic E-state index is 12.9. The first-order valence-electron chi connectivity index (χ1n) is 8.98. The third kappa shape index (κ3) is 3.45. The number of para-hydroxylation sites is 2. The molecule has 1 amide bonds. The molecule has 1 aromatic carbocycles. The minimum Gasteiger partial charge on any atom is -0.489 e. The number of amides is 1. The van der Waals surface area contributed by atoms with Gasteiger partial charge in [-0.2, -0.15) is 0 Å². The van der Waals surface area contributed by atoms with Gasteiger partial charge >= 0.3 is 0 Å². The second-order valence-electron chi connectivity index (χ2n) is 6.64. The molecule has 1 saturated heterocycles. The van der Waals surface area contributed by atoms with Crippen LogP contribution in [0.1, 0.15) is 19.8 Å². The van der Waals surface area contributed by atoms with Crippen LogP contribution in [0.5, 0.6) is 17.2 Å². The number of nitrogens with zero attached hydrogens (tertiary/aromatic N) is 2. The summed E-state index contributed by atoms with van der Waals surface area (Å²) >= 11 is 0. The van der Waals surface area contributed by atoms with Crippen molar-refractivity contribution in [3.63, 3.8) is 0 Å². The lowest BCUT2D eigenvalue weighted by molar-refractivity contribution is -0.146. The van der Waals surface area contributed by atoms with Crippen LogP contribution < -0.4 is 14.2 Å². The fourth-order valence-corrected chi connectivity index (χ4v) is 3.37. The lowest BCUT2D eigenvalue weighted by Crippen LogP contribution is -2.53. The first-order chi connectivity index (χ1) is 12.7. The van der Waals surface area contributed by atoms with Crippen molar-refractivity contribution in [2.75, 3.05) is 13.1 Å². The molecule has 1 fully saturated rings. The number of aromatic nitrogens is 1. The number of carbonyl (C=O) groups excluding carboxylic acids is 1. The number of piperidine rings is 1. The Hall–Kier alpha value is -2.76. The second-order valence-corrected chi connectivity index (χ2v) is 6.64. The zero-order valence-corrected chi connectivity index (χ0v) is 14.7. The monoisotopic (exact) mass is 354 g/mol. The molecule has 4 rings (SSSR count). The molecular weight excluding hydrogens is 332 g/mol. The summed E-state index contributed by atoms with van der Waals surface area (Å²) in [6.07, 6.45) is 4.19. The van der Waals surface area contributed by atoms with Crippen LogP contribution in [-0.2, 0) is 4.79 Å². The molecule has 26 heavy (non-hydrogen) atoms. The number of hydrogen-bond acceptors (Lipinski definition) is 5. The fraction of sp³-hybridized carbons (Fsp3) is 0.400. The minimum absolute atomic E-state index is 0.0215. The molecule has 0 N–H and O–H groups in total.